The Kier molecular flexibility index (Phi) is 6.21. The van der Waals surface area contributed by atoms with E-state index in [1.165, 1.54) is 22.8 Å². The molecular weight excluding hydrogens is 681 g/mol. The van der Waals surface area contributed by atoms with Crippen molar-refractivity contribution >= 4 is 32.7 Å². The van der Waals surface area contributed by atoms with Gasteiger partial charge in [0, 0.05) is 51.5 Å². The zero-order chi connectivity index (χ0) is 32.8. The SMILES string of the molecule is Cc1c[c-]c(-c2cc(C)c(C)cn2)cc1.[2H]C([2H])([2H])c1cnc(-c2[c-]ccc3c2oc2c4ccccc4ccc32)cc1C([2H])([2H])[2H].[Ir]. The number of hydrogen-bond donors (Lipinski definition) is 0. The number of pyridine rings is 2. The summed E-state index contributed by atoms with van der Waals surface area (Å²) in [4.78, 5) is 8.68. The molecule has 0 aliphatic heterocycles. The van der Waals surface area contributed by atoms with Gasteiger partial charge >= 0.3 is 0 Å². The van der Waals surface area contributed by atoms with Crippen molar-refractivity contribution in [1.29, 1.82) is 0 Å². The number of rotatable bonds is 2. The van der Waals surface area contributed by atoms with Crippen LogP contribution in [0.1, 0.15) is 36.0 Å². The van der Waals surface area contributed by atoms with Gasteiger partial charge < -0.3 is 14.4 Å². The van der Waals surface area contributed by atoms with Crippen LogP contribution in [0.3, 0.4) is 0 Å². The first kappa shape index (κ1) is 21.6. The first-order valence-electron chi connectivity index (χ1n) is 16.0. The third-order valence-electron chi connectivity index (χ3n) is 7.10. The molecule has 0 bridgehead atoms. The molecule has 0 N–H and O–H groups in total. The van der Waals surface area contributed by atoms with E-state index in [0.29, 0.717) is 16.8 Å². The van der Waals surface area contributed by atoms with E-state index < -0.39 is 13.7 Å². The molecule has 0 aliphatic carbocycles. The van der Waals surface area contributed by atoms with Gasteiger partial charge in [-0.05, 0) is 55.5 Å². The molecule has 0 spiro atoms. The van der Waals surface area contributed by atoms with Gasteiger partial charge in [0.15, 0.2) is 0 Å². The van der Waals surface area contributed by atoms with Gasteiger partial charge in [0.2, 0.25) is 0 Å². The Bertz CT molecular complexity index is 2220. The van der Waals surface area contributed by atoms with Crippen LogP contribution in [-0.2, 0) is 20.1 Å². The van der Waals surface area contributed by atoms with Crippen LogP contribution < -0.4 is 0 Å². The smallest absolute Gasteiger partial charge is 0.128 e. The zero-order valence-electron chi connectivity index (χ0n) is 28.8. The molecule has 3 nitrogen and oxygen atoms in total. The van der Waals surface area contributed by atoms with Gasteiger partial charge in [0.25, 0.3) is 0 Å². The predicted molar refractivity (Wildman–Crippen MR) is 165 cm³/mol. The number of fused-ring (bicyclic) bond motifs is 5. The first-order chi connectivity index (χ1) is 21.8. The molecule has 3 heterocycles. The van der Waals surface area contributed by atoms with E-state index in [-0.39, 0.29) is 31.2 Å². The Labute approximate surface area is 263 Å². The number of nitrogens with zero attached hydrogens (tertiary/aromatic N) is 2. The summed E-state index contributed by atoms with van der Waals surface area (Å²) in [7, 11) is 0. The summed E-state index contributed by atoms with van der Waals surface area (Å²) >= 11 is 0. The average molecular weight is 717 g/mol. The van der Waals surface area contributed by atoms with E-state index in [1.807, 2.05) is 54.7 Å². The maximum Gasteiger partial charge on any atom is 0.128 e. The molecule has 0 unspecified atom stereocenters. The largest absolute Gasteiger partial charge is 0.500 e. The molecule has 0 saturated carbocycles. The maximum atomic E-state index is 7.82. The molecule has 0 aliphatic rings. The molecule has 205 valence electrons. The Hall–Kier alpha value is -4.11. The number of benzene rings is 4. The predicted octanol–water partition coefficient (Wildman–Crippen LogP) is 9.69. The van der Waals surface area contributed by atoms with Gasteiger partial charge in [-0.25, -0.2) is 0 Å². The van der Waals surface area contributed by atoms with E-state index >= 15 is 0 Å². The van der Waals surface area contributed by atoms with Crippen molar-refractivity contribution < 1.29 is 32.7 Å². The molecule has 0 saturated heterocycles. The van der Waals surface area contributed by atoms with Crippen molar-refractivity contribution in [1.82, 2.24) is 9.97 Å². The summed E-state index contributed by atoms with van der Waals surface area (Å²) in [5, 5.41) is 3.80. The molecule has 3 aromatic heterocycles. The summed E-state index contributed by atoms with van der Waals surface area (Å²) in [6.07, 6.45) is 3.03. The van der Waals surface area contributed by atoms with Gasteiger partial charge in [-0.15, -0.1) is 53.6 Å². The molecule has 0 atom stereocenters. The fourth-order valence-electron chi connectivity index (χ4n) is 4.69. The fraction of sp³-hybridized carbons (Fsp3) is 0.135. The molecule has 1 radical (unpaired) electrons. The Morgan fingerprint density at radius 2 is 1.44 bits per heavy atom. The summed E-state index contributed by atoms with van der Waals surface area (Å²) in [6.45, 7) is 1.07. The molecule has 4 aromatic carbocycles. The second kappa shape index (κ2) is 11.8. The normalized spacial score (nSPS) is 13.6. The van der Waals surface area contributed by atoms with E-state index in [0.717, 1.165) is 44.6 Å². The standard InChI is InChI=1S/C23H16NO.C14H14N.Ir/c1-14-12-21(24-13-15(14)2)20-9-5-8-18-19-11-10-16-6-3-4-7-17(16)22(19)25-23(18)20;1-10-4-6-13(7-5-10)14-8-11(2)12(3)9-15-14;/h3-8,10-13H,1-2H3;4-6,8-9H,1-3H3;/q2*-1;/i1D3,2D3;;. The monoisotopic (exact) mass is 717 g/mol. The molecular formula is C37H30IrN2O-2. The average Bonchev–Trinajstić information content (AvgIpc) is 3.42. The third kappa shape index (κ3) is 5.59. The van der Waals surface area contributed by atoms with E-state index in [4.69, 9.17) is 12.6 Å². The first-order valence-corrected chi connectivity index (χ1v) is 13.0. The summed E-state index contributed by atoms with van der Waals surface area (Å²) in [6, 6.07) is 31.4. The molecule has 41 heavy (non-hydrogen) atoms. The number of furan rings is 1. The fourth-order valence-corrected chi connectivity index (χ4v) is 4.69. The van der Waals surface area contributed by atoms with Gasteiger partial charge in [0.1, 0.15) is 5.58 Å². The van der Waals surface area contributed by atoms with Gasteiger partial charge in [-0.2, -0.15) is 0 Å². The Morgan fingerprint density at radius 3 is 2.22 bits per heavy atom. The summed E-state index contributed by atoms with van der Waals surface area (Å²) < 4.78 is 52.7. The second-order valence-corrected chi connectivity index (χ2v) is 9.91. The summed E-state index contributed by atoms with van der Waals surface area (Å²) in [5.41, 5.74) is 7.30. The Morgan fingerprint density at radius 1 is 0.683 bits per heavy atom. The van der Waals surface area contributed by atoms with Crippen molar-refractivity contribution in [3.8, 4) is 22.5 Å². The maximum absolute atomic E-state index is 7.82. The van der Waals surface area contributed by atoms with Crippen LogP contribution in [0.15, 0.2) is 95.7 Å². The van der Waals surface area contributed by atoms with E-state index in [2.05, 4.69) is 61.1 Å². The number of hydrogen-bond acceptors (Lipinski definition) is 3. The number of aromatic nitrogens is 2. The Balaban J connectivity index is 0.000000228. The molecule has 0 fully saturated rings. The van der Waals surface area contributed by atoms with Crippen molar-refractivity contribution in [2.24, 2.45) is 0 Å². The van der Waals surface area contributed by atoms with Gasteiger partial charge in [0.05, 0.1) is 5.58 Å². The zero-order valence-corrected chi connectivity index (χ0v) is 25.2. The van der Waals surface area contributed by atoms with Crippen LogP contribution in [0.25, 0.3) is 55.2 Å². The van der Waals surface area contributed by atoms with Crippen molar-refractivity contribution in [2.45, 2.75) is 34.5 Å². The van der Waals surface area contributed by atoms with Crippen LogP contribution >= 0.6 is 0 Å². The van der Waals surface area contributed by atoms with Crippen LogP contribution in [0, 0.1) is 46.6 Å². The van der Waals surface area contributed by atoms with Crippen molar-refractivity contribution in [2.75, 3.05) is 0 Å². The van der Waals surface area contributed by atoms with E-state index in [1.54, 1.807) is 6.07 Å². The topological polar surface area (TPSA) is 38.9 Å². The van der Waals surface area contributed by atoms with Crippen molar-refractivity contribution in [3.63, 3.8) is 0 Å². The quantitative estimate of drug-likeness (QED) is 0.167. The molecule has 7 rings (SSSR count). The molecule has 0 amide bonds. The van der Waals surface area contributed by atoms with Crippen molar-refractivity contribution in [3.05, 3.63) is 131 Å². The second-order valence-electron chi connectivity index (χ2n) is 9.91. The number of aryl methyl sites for hydroxylation is 5. The van der Waals surface area contributed by atoms with Gasteiger partial charge in [-0.3, -0.25) is 0 Å². The van der Waals surface area contributed by atoms with Gasteiger partial charge in [-0.1, -0.05) is 77.5 Å². The van der Waals surface area contributed by atoms with Crippen LogP contribution in [-0.4, -0.2) is 9.97 Å². The van der Waals surface area contributed by atoms with Crippen LogP contribution in [0.4, 0.5) is 0 Å². The molecule has 7 aromatic rings. The minimum absolute atomic E-state index is 0. The minimum atomic E-state index is -2.60. The van der Waals surface area contributed by atoms with Crippen LogP contribution in [0.5, 0.6) is 0 Å². The van der Waals surface area contributed by atoms with E-state index in [9.17, 15) is 0 Å². The molecule has 4 heteroatoms. The third-order valence-corrected chi connectivity index (χ3v) is 7.10. The van der Waals surface area contributed by atoms with Crippen LogP contribution in [0.2, 0.25) is 0 Å². The minimum Gasteiger partial charge on any atom is -0.500 e. The summed E-state index contributed by atoms with van der Waals surface area (Å²) in [5.74, 6) is 0.